The van der Waals surface area contributed by atoms with Gasteiger partial charge >= 0.3 is 0 Å². The highest BCUT2D eigenvalue weighted by Gasteiger charge is 2.12. The molecule has 3 aromatic rings. The minimum Gasteiger partial charge on any atom is -0.508 e. The standard InChI is InChI=1S/C13H8F2N2O2/c14-8-4-10-11(5-9(8)15)17-13(16-10)7-2-1-6(18)3-12(7)19/h1-5,18-19H,(H,16,17). The average molecular weight is 262 g/mol. The first-order valence-corrected chi connectivity index (χ1v) is 5.42. The minimum atomic E-state index is -0.986. The van der Waals surface area contributed by atoms with Crippen LogP contribution in [0.25, 0.3) is 22.4 Å². The van der Waals surface area contributed by atoms with E-state index < -0.39 is 11.6 Å². The lowest BCUT2D eigenvalue weighted by Crippen LogP contribution is -1.82. The summed E-state index contributed by atoms with van der Waals surface area (Å²) >= 11 is 0. The summed E-state index contributed by atoms with van der Waals surface area (Å²) in [5.41, 5.74) is 0.901. The monoisotopic (exact) mass is 262 g/mol. The van der Waals surface area contributed by atoms with Crippen molar-refractivity contribution in [3.63, 3.8) is 0 Å². The van der Waals surface area contributed by atoms with E-state index in [1.807, 2.05) is 0 Å². The Balaban J connectivity index is 2.20. The van der Waals surface area contributed by atoms with E-state index in [-0.39, 0.29) is 22.8 Å². The van der Waals surface area contributed by atoms with Gasteiger partial charge in [-0.15, -0.1) is 0 Å². The zero-order valence-corrected chi connectivity index (χ0v) is 9.48. The van der Waals surface area contributed by atoms with E-state index in [1.165, 1.54) is 12.1 Å². The molecule has 0 saturated carbocycles. The number of imidazole rings is 1. The molecule has 0 amide bonds. The molecule has 0 saturated heterocycles. The second-order valence-electron chi connectivity index (χ2n) is 4.07. The molecule has 3 N–H and O–H groups in total. The molecule has 1 heterocycles. The molecule has 4 nitrogen and oxygen atoms in total. The summed E-state index contributed by atoms with van der Waals surface area (Å²) < 4.78 is 26.2. The van der Waals surface area contributed by atoms with Gasteiger partial charge in [-0.2, -0.15) is 0 Å². The number of hydrogen-bond acceptors (Lipinski definition) is 3. The van der Waals surface area contributed by atoms with E-state index in [2.05, 4.69) is 9.97 Å². The second-order valence-corrected chi connectivity index (χ2v) is 4.07. The predicted molar refractivity (Wildman–Crippen MR) is 64.8 cm³/mol. The normalized spacial score (nSPS) is 11.1. The van der Waals surface area contributed by atoms with Gasteiger partial charge in [0, 0.05) is 18.2 Å². The van der Waals surface area contributed by atoms with Crippen LogP contribution in [0.15, 0.2) is 30.3 Å². The van der Waals surface area contributed by atoms with Gasteiger partial charge < -0.3 is 15.2 Å². The fraction of sp³-hybridized carbons (Fsp3) is 0. The van der Waals surface area contributed by atoms with Gasteiger partial charge in [0.05, 0.1) is 16.6 Å². The van der Waals surface area contributed by atoms with Gasteiger partial charge in [0.25, 0.3) is 0 Å². The number of benzene rings is 2. The van der Waals surface area contributed by atoms with Gasteiger partial charge in [-0.05, 0) is 12.1 Å². The van der Waals surface area contributed by atoms with Crippen LogP contribution in [0, 0.1) is 11.6 Å². The molecule has 1 aromatic heterocycles. The summed E-state index contributed by atoms with van der Waals surface area (Å²) in [6, 6.07) is 5.96. The molecule has 2 aromatic carbocycles. The van der Waals surface area contributed by atoms with Crippen molar-refractivity contribution in [1.29, 1.82) is 0 Å². The molecule has 0 radical (unpaired) electrons. The van der Waals surface area contributed by atoms with Crippen molar-refractivity contribution in [2.45, 2.75) is 0 Å². The van der Waals surface area contributed by atoms with E-state index in [1.54, 1.807) is 0 Å². The molecule has 0 atom stereocenters. The van der Waals surface area contributed by atoms with Crippen LogP contribution in [-0.2, 0) is 0 Å². The smallest absolute Gasteiger partial charge is 0.161 e. The van der Waals surface area contributed by atoms with Crippen LogP contribution in [-0.4, -0.2) is 20.2 Å². The molecule has 0 unspecified atom stereocenters. The highest BCUT2D eigenvalue weighted by Crippen LogP contribution is 2.31. The zero-order valence-electron chi connectivity index (χ0n) is 9.48. The minimum absolute atomic E-state index is 0.0885. The second kappa shape index (κ2) is 3.94. The van der Waals surface area contributed by atoms with Crippen LogP contribution in [0.2, 0.25) is 0 Å². The van der Waals surface area contributed by atoms with Crippen LogP contribution in [0.1, 0.15) is 0 Å². The Hall–Kier alpha value is -2.63. The lowest BCUT2D eigenvalue weighted by Gasteiger charge is -2.00. The molecular formula is C13H8F2N2O2. The number of phenolic OH excluding ortho intramolecular Hbond substituents is 2. The third-order valence-corrected chi connectivity index (χ3v) is 2.76. The first-order valence-electron chi connectivity index (χ1n) is 5.42. The Morgan fingerprint density at radius 1 is 1.00 bits per heavy atom. The summed E-state index contributed by atoms with van der Waals surface area (Å²) in [5.74, 6) is -1.97. The summed E-state index contributed by atoms with van der Waals surface area (Å²) in [4.78, 5) is 6.85. The van der Waals surface area contributed by atoms with Gasteiger partial charge in [-0.3, -0.25) is 0 Å². The Morgan fingerprint density at radius 2 is 1.74 bits per heavy atom. The van der Waals surface area contributed by atoms with Crippen molar-refractivity contribution in [3.8, 4) is 22.9 Å². The topological polar surface area (TPSA) is 69.1 Å². The van der Waals surface area contributed by atoms with Crippen LogP contribution in [0.3, 0.4) is 0 Å². The maximum absolute atomic E-state index is 13.1. The number of nitrogens with zero attached hydrogens (tertiary/aromatic N) is 1. The summed E-state index contributed by atoms with van der Waals surface area (Å²) in [5, 5.41) is 18.9. The molecule has 0 spiro atoms. The first-order chi connectivity index (χ1) is 9.04. The molecule has 6 heteroatoms. The Kier molecular flexibility index (Phi) is 2.38. The lowest BCUT2D eigenvalue weighted by atomic mass is 10.2. The molecule has 0 aliphatic carbocycles. The summed E-state index contributed by atoms with van der Waals surface area (Å²) in [6.07, 6.45) is 0. The van der Waals surface area contributed by atoms with E-state index in [4.69, 9.17) is 0 Å². The number of aromatic amines is 1. The first kappa shape index (κ1) is 11.5. The van der Waals surface area contributed by atoms with E-state index in [9.17, 15) is 19.0 Å². The van der Waals surface area contributed by atoms with Crippen LogP contribution >= 0.6 is 0 Å². The third-order valence-electron chi connectivity index (χ3n) is 2.76. The number of hydrogen-bond donors (Lipinski definition) is 3. The molecule has 0 fully saturated rings. The van der Waals surface area contributed by atoms with Crippen molar-refractivity contribution in [1.82, 2.24) is 9.97 Å². The number of rotatable bonds is 1. The van der Waals surface area contributed by atoms with E-state index >= 15 is 0 Å². The number of H-pyrrole nitrogens is 1. The van der Waals surface area contributed by atoms with Crippen LogP contribution in [0.4, 0.5) is 8.78 Å². The van der Waals surface area contributed by atoms with Gasteiger partial charge in [0.15, 0.2) is 11.6 Å². The average Bonchev–Trinajstić information content (AvgIpc) is 2.72. The largest absolute Gasteiger partial charge is 0.508 e. The number of nitrogens with one attached hydrogen (secondary N) is 1. The highest BCUT2D eigenvalue weighted by molar-refractivity contribution is 5.80. The maximum Gasteiger partial charge on any atom is 0.161 e. The van der Waals surface area contributed by atoms with Gasteiger partial charge in [0.2, 0.25) is 0 Å². The third kappa shape index (κ3) is 1.87. The number of aromatic nitrogens is 2. The SMILES string of the molecule is Oc1ccc(-c2nc3cc(F)c(F)cc3[nH]2)c(O)c1. The van der Waals surface area contributed by atoms with Gasteiger partial charge in [-0.25, -0.2) is 13.8 Å². The van der Waals surface area contributed by atoms with Crippen molar-refractivity contribution in [3.05, 3.63) is 42.0 Å². The molecule has 0 aliphatic heterocycles. The summed E-state index contributed by atoms with van der Waals surface area (Å²) in [6.45, 7) is 0. The fourth-order valence-electron chi connectivity index (χ4n) is 1.85. The molecule has 96 valence electrons. The quantitative estimate of drug-likeness (QED) is 0.631. The van der Waals surface area contributed by atoms with E-state index in [0.29, 0.717) is 11.1 Å². The maximum atomic E-state index is 13.1. The highest BCUT2D eigenvalue weighted by atomic mass is 19.2. The van der Waals surface area contributed by atoms with E-state index in [0.717, 1.165) is 18.2 Å². The summed E-state index contributed by atoms with van der Waals surface area (Å²) in [7, 11) is 0. The van der Waals surface area contributed by atoms with Gasteiger partial charge in [-0.1, -0.05) is 0 Å². The molecule has 3 rings (SSSR count). The number of aromatic hydroxyl groups is 2. The number of phenols is 2. The Bertz CT molecular complexity index is 745. The zero-order chi connectivity index (χ0) is 13.6. The van der Waals surface area contributed by atoms with Crippen molar-refractivity contribution >= 4 is 11.0 Å². The van der Waals surface area contributed by atoms with Crippen molar-refractivity contribution in [2.24, 2.45) is 0 Å². The lowest BCUT2D eigenvalue weighted by molar-refractivity contribution is 0.451. The molecule has 0 bridgehead atoms. The molecule has 19 heavy (non-hydrogen) atoms. The van der Waals surface area contributed by atoms with Crippen molar-refractivity contribution < 1.29 is 19.0 Å². The molecular weight excluding hydrogens is 254 g/mol. The molecule has 0 aliphatic rings. The van der Waals surface area contributed by atoms with Crippen LogP contribution in [0.5, 0.6) is 11.5 Å². The number of halogens is 2. The van der Waals surface area contributed by atoms with Crippen molar-refractivity contribution in [2.75, 3.05) is 0 Å². The Labute approximate surface area is 106 Å². The fourth-order valence-corrected chi connectivity index (χ4v) is 1.85. The Morgan fingerprint density at radius 3 is 2.47 bits per heavy atom. The van der Waals surface area contributed by atoms with Crippen LogP contribution < -0.4 is 0 Å². The predicted octanol–water partition coefficient (Wildman–Crippen LogP) is 2.92. The van der Waals surface area contributed by atoms with Gasteiger partial charge in [0.1, 0.15) is 17.3 Å². The number of fused-ring (bicyclic) bond motifs is 1.